The van der Waals surface area contributed by atoms with Gasteiger partial charge >= 0.3 is 11.9 Å². The molecule has 0 aliphatic carbocycles. The minimum atomic E-state index is -1.25. The maximum Gasteiger partial charge on any atom is 0.423 e. The van der Waals surface area contributed by atoms with Crippen molar-refractivity contribution in [3.63, 3.8) is 0 Å². The number of ether oxygens (including phenoxy) is 2. The van der Waals surface area contributed by atoms with Crippen LogP contribution in [0.3, 0.4) is 0 Å². The molecule has 20 nitrogen and oxygen atoms in total. The number of esters is 2. The number of nitriles is 2. The Kier molecular flexibility index (Phi) is 18.5. The molecule has 0 aliphatic rings. The quantitative estimate of drug-likeness (QED) is 0.0212. The van der Waals surface area contributed by atoms with E-state index in [0.29, 0.717) is 59.9 Å². The molecule has 4 N–H and O–H groups in total. The van der Waals surface area contributed by atoms with Crippen molar-refractivity contribution in [2.75, 3.05) is 75.7 Å². The number of benzene rings is 4. The summed E-state index contributed by atoms with van der Waals surface area (Å²) in [7, 11) is 7.75. The van der Waals surface area contributed by atoms with Gasteiger partial charge in [-0.05, 0) is 100 Å². The molecule has 2 atom stereocenters. The number of guanidine groups is 2. The van der Waals surface area contributed by atoms with E-state index < -0.39 is 22.4 Å². The van der Waals surface area contributed by atoms with Gasteiger partial charge in [0.15, 0.2) is 0 Å². The van der Waals surface area contributed by atoms with Crippen LogP contribution in [0.2, 0.25) is 0 Å². The second-order valence-electron chi connectivity index (χ2n) is 15.6. The summed E-state index contributed by atoms with van der Waals surface area (Å²) in [6, 6.07) is 28.1. The topological polar surface area (TPSA) is 268 Å². The predicted octanol–water partition coefficient (Wildman–Crippen LogP) is 6.31. The lowest BCUT2D eigenvalue weighted by atomic mass is 10.1. The molecule has 0 amide bonds. The first-order chi connectivity index (χ1) is 33.8. The van der Waals surface area contributed by atoms with Gasteiger partial charge in [0.2, 0.25) is 47.9 Å². The Hall–Kier alpha value is -7.76. The van der Waals surface area contributed by atoms with Gasteiger partial charge in [0, 0.05) is 59.8 Å². The average Bonchev–Trinajstić information content (AvgIpc) is 4.05. The fraction of sp³-hybridized carbons (Fsp3) is 0.292. The van der Waals surface area contributed by atoms with E-state index >= 15 is 0 Å². The molecule has 0 spiro atoms. The summed E-state index contributed by atoms with van der Waals surface area (Å²) in [5, 5.41) is 34.5. The van der Waals surface area contributed by atoms with E-state index in [0.717, 1.165) is 11.4 Å². The molecule has 4 aromatic carbocycles. The number of thioether (sulfide) groups is 2. The Labute approximate surface area is 414 Å². The number of nitrogens with zero attached hydrogens (tertiary/aromatic N) is 12. The van der Waals surface area contributed by atoms with Crippen LogP contribution in [0.1, 0.15) is 47.3 Å². The van der Waals surface area contributed by atoms with Crippen LogP contribution in [0.4, 0.5) is 11.4 Å². The fourth-order valence-corrected chi connectivity index (χ4v) is 8.73. The lowest BCUT2D eigenvalue weighted by molar-refractivity contribution is -0.156. The molecule has 2 unspecified atom stereocenters. The zero-order chi connectivity index (χ0) is 50.2. The Morgan fingerprint density at radius 3 is 1.31 bits per heavy atom. The number of hydrogen-bond acceptors (Lipinski definition) is 18. The van der Waals surface area contributed by atoms with Crippen molar-refractivity contribution in [3.8, 4) is 46.8 Å². The van der Waals surface area contributed by atoms with Crippen molar-refractivity contribution < 1.29 is 27.9 Å². The third kappa shape index (κ3) is 13.3. The van der Waals surface area contributed by atoms with E-state index in [9.17, 15) is 9.59 Å². The molecule has 6 rings (SSSR count). The van der Waals surface area contributed by atoms with E-state index in [1.54, 1.807) is 95.0 Å². The van der Waals surface area contributed by atoms with Crippen LogP contribution < -0.4 is 30.7 Å². The standard InChI is InChI=1S/C48H52N14O6S2/c1-7-69-39(43-57-55-41(67-43)31-17-21-33(22-18-31)61(27-25-59(3)4)47(51)53-29-49)35-13-9-11-15-37(35)65-45(63)46(64)66-38-16-12-10-14-36(38)40(70-8-2)44-58-56-42(68-44)32-19-23-34(24-20-32)62(28-26-60(5)6)48(52)54-30-50/h9-24,39-40H,7-8,25-28H2,1-6H3,(H2,51,53)(H2,52,54). The van der Waals surface area contributed by atoms with Crippen molar-refractivity contribution in [2.45, 2.75) is 24.3 Å². The van der Waals surface area contributed by atoms with Gasteiger partial charge in [0.1, 0.15) is 22.0 Å². The van der Waals surface area contributed by atoms with Gasteiger partial charge in [0.25, 0.3) is 0 Å². The summed E-state index contributed by atoms with van der Waals surface area (Å²) < 4.78 is 23.9. The number of carbonyl (C=O) groups is 2. The highest BCUT2D eigenvalue weighted by atomic mass is 32.2. The van der Waals surface area contributed by atoms with Crippen LogP contribution in [-0.2, 0) is 9.59 Å². The molecule has 0 radical (unpaired) electrons. The van der Waals surface area contributed by atoms with Crippen LogP contribution in [0.25, 0.3) is 22.9 Å². The molecule has 0 bridgehead atoms. The van der Waals surface area contributed by atoms with Gasteiger partial charge < -0.3 is 49.4 Å². The summed E-state index contributed by atoms with van der Waals surface area (Å²) in [5.74, 6) is 0.0951. The number of carbonyl (C=O) groups excluding carboxylic acids is 2. The van der Waals surface area contributed by atoms with E-state index in [2.05, 4.69) is 30.4 Å². The Bertz CT molecular complexity index is 2660. The van der Waals surface area contributed by atoms with Crippen LogP contribution in [0.5, 0.6) is 11.5 Å². The van der Waals surface area contributed by atoms with Crippen LogP contribution in [0.15, 0.2) is 116 Å². The first-order valence-corrected chi connectivity index (χ1v) is 24.0. The number of anilines is 2. The SMILES string of the molecule is CCSC(c1nnc(-c2ccc(N(CCN(C)C)C(N)=NC#N)cc2)o1)c1ccccc1OC(=O)C(=O)Oc1ccccc1C(SCC)c1nnc(-c2ccc(N(CCN(C)C)C(N)=NC#N)cc2)o1. The van der Waals surface area contributed by atoms with Gasteiger partial charge in [-0.15, -0.1) is 53.9 Å². The maximum atomic E-state index is 13.6. The lowest BCUT2D eigenvalue weighted by Crippen LogP contribution is -2.41. The summed E-state index contributed by atoms with van der Waals surface area (Å²) in [6.07, 6.45) is 3.49. The molecule has 22 heteroatoms. The predicted molar refractivity (Wildman–Crippen MR) is 270 cm³/mol. The third-order valence-electron chi connectivity index (χ3n) is 10.2. The summed E-state index contributed by atoms with van der Waals surface area (Å²) >= 11 is 2.94. The Morgan fingerprint density at radius 2 is 0.971 bits per heavy atom. The second-order valence-corrected chi connectivity index (χ2v) is 18.3. The maximum absolute atomic E-state index is 13.6. The molecule has 6 aromatic rings. The molecule has 0 saturated carbocycles. The van der Waals surface area contributed by atoms with E-state index in [4.69, 9.17) is 40.3 Å². The van der Waals surface area contributed by atoms with E-state index in [1.807, 2.05) is 76.1 Å². The normalized spacial score (nSPS) is 12.5. The van der Waals surface area contributed by atoms with Crippen LogP contribution in [0, 0.1) is 22.9 Å². The first-order valence-electron chi connectivity index (χ1n) is 21.9. The van der Waals surface area contributed by atoms with Crippen molar-refractivity contribution in [2.24, 2.45) is 21.5 Å². The molecule has 0 fully saturated rings. The molecule has 2 heterocycles. The van der Waals surface area contributed by atoms with Gasteiger partial charge in [-0.1, -0.05) is 50.2 Å². The molecule has 0 saturated heterocycles. The number of aromatic nitrogens is 4. The zero-order valence-electron chi connectivity index (χ0n) is 39.4. The van der Waals surface area contributed by atoms with E-state index in [-0.39, 0.29) is 47.0 Å². The summed E-state index contributed by atoms with van der Waals surface area (Å²) in [5.41, 5.74) is 16.0. The molecule has 70 heavy (non-hydrogen) atoms. The minimum absolute atomic E-state index is 0.0701. The van der Waals surface area contributed by atoms with Gasteiger partial charge in [-0.3, -0.25) is 0 Å². The fourth-order valence-electron chi connectivity index (χ4n) is 6.84. The molecular weight excluding hydrogens is 933 g/mol. The van der Waals surface area contributed by atoms with Crippen molar-refractivity contribution in [1.82, 2.24) is 30.2 Å². The second kappa shape index (κ2) is 25.0. The number of para-hydroxylation sites is 2. The molecule has 0 aliphatic heterocycles. The Morgan fingerprint density at radius 1 is 0.600 bits per heavy atom. The monoisotopic (exact) mass is 984 g/mol. The number of aliphatic imine (C=N–C) groups is 2. The number of nitrogens with two attached hydrogens (primary N) is 2. The highest BCUT2D eigenvalue weighted by molar-refractivity contribution is 7.99. The minimum Gasteiger partial charge on any atom is -0.419 e. The highest BCUT2D eigenvalue weighted by Crippen LogP contribution is 2.42. The first kappa shape index (κ1) is 51.6. The number of rotatable bonds is 20. The van der Waals surface area contributed by atoms with Crippen LogP contribution >= 0.6 is 23.5 Å². The van der Waals surface area contributed by atoms with Crippen LogP contribution in [-0.4, -0.2) is 120 Å². The number of hydrogen-bond donors (Lipinski definition) is 2. The smallest absolute Gasteiger partial charge is 0.419 e. The van der Waals surface area contributed by atoms with Gasteiger partial charge in [-0.25, -0.2) is 9.59 Å². The molecule has 2 aromatic heterocycles. The largest absolute Gasteiger partial charge is 0.423 e. The van der Waals surface area contributed by atoms with Crippen molar-refractivity contribution >= 4 is 58.8 Å². The van der Waals surface area contributed by atoms with Gasteiger partial charge in [-0.2, -0.15) is 10.5 Å². The summed E-state index contributed by atoms with van der Waals surface area (Å²) in [4.78, 5) is 42.1. The van der Waals surface area contributed by atoms with Gasteiger partial charge in [0.05, 0.1) is 0 Å². The average molecular weight is 985 g/mol. The third-order valence-corrected chi connectivity index (χ3v) is 12.5. The zero-order valence-corrected chi connectivity index (χ0v) is 41.1. The molecule has 362 valence electrons. The lowest BCUT2D eigenvalue weighted by Gasteiger charge is -2.24. The van der Waals surface area contributed by atoms with Crippen molar-refractivity contribution in [1.29, 1.82) is 10.5 Å². The number of likely N-dealkylation sites (N-methyl/N-ethyl adjacent to an activating group) is 2. The summed E-state index contributed by atoms with van der Waals surface area (Å²) in [6.45, 7) is 6.25. The highest BCUT2D eigenvalue weighted by Gasteiger charge is 2.30. The molecular formula is C48H52N14O6S2. The van der Waals surface area contributed by atoms with E-state index in [1.165, 1.54) is 23.5 Å². The van der Waals surface area contributed by atoms with Crippen molar-refractivity contribution in [3.05, 3.63) is 120 Å². The Balaban J connectivity index is 1.17.